The van der Waals surface area contributed by atoms with Gasteiger partial charge in [-0.1, -0.05) is 22.9 Å². The molecule has 1 N–H and O–H groups in total. The SMILES string of the molecule is COC(=O)c1ccc2nc(NC(=O)C3CCN(S(=O)(=O)c4ccc(Cl)cc4)CC3)sc2c1. The van der Waals surface area contributed by atoms with Gasteiger partial charge in [0, 0.05) is 24.0 Å². The third-order valence-corrected chi connectivity index (χ3v) is 8.41. The molecule has 0 atom stereocenters. The first kappa shape index (κ1) is 22.7. The number of nitrogens with one attached hydrogen (secondary N) is 1. The van der Waals surface area contributed by atoms with E-state index in [-0.39, 0.29) is 29.8 Å². The van der Waals surface area contributed by atoms with Gasteiger partial charge in [-0.2, -0.15) is 4.31 Å². The van der Waals surface area contributed by atoms with E-state index in [9.17, 15) is 18.0 Å². The van der Waals surface area contributed by atoms with E-state index in [1.807, 2.05) is 0 Å². The van der Waals surface area contributed by atoms with Crippen molar-refractivity contribution in [3.8, 4) is 0 Å². The molecule has 8 nitrogen and oxygen atoms in total. The topological polar surface area (TPSA) is 106 Å². The molecule has 168 valence electrons. The lowest BCUT2D eigenvalue weighted by Gasteiger charge is -2.30. The summed E-state index contributed by atoms with van der Waals surface area (Å²) in [5.41, 5.74) is 1.08. The second kappa shape index (κ2) is 9.14. The number of esters is 1. The number of halogens is 1. The van der Waals surface area contributed by atoms with E-state index >= 15 is 0 Å². The molecule has 2 aromatic carbocycles. The van der Waals surface area contributed by atoms with Gasteiger partial charge in [0.2, 0.25) is 15.9 Å². The Kier molecular flexibility index (Phi) is 6.47. The van der Waals surface area contributed by atoms with E-state index in [4.69, 9.17) is 16.3 Å². The fraction of sp³-hybridized carbons (Fsp3) is 0.286. The van der Waals surface area contributed by atoms with Crippen LogP contribution in [0.3, 0.4) is 0 Å². The second-order valence-corrected chi connectivity index (χ2v) is 10.7. The first-order valence-corrected chi connectivity index (χ1v) is 12.5. The molecule has 0 unspecified atom stereocenters. The van der Waals surface area contributed by atoms with Crippen molar-refractivity contribution in [2.45, 2.75) is 17.7 Å². The van der Waals surface area contributed by atoms with Crippen LogP contribution in [-0.2, 0) is 19.6 Å². The van der Waals surface area contributed by atoms with Crippen LogP contribution in [0.15, 0.2) is 47.4 Å². The smallest absolute Gasteiger partial charge is 0.337 e. The number of piperidine rings is 1. The van der Waals surface area contributed by atoms with Gasteiger partial charge in [-0.3, -0.25) is 4.79 Å². The van der Waals surface area contributed by atoms with E-state index in [2.05, 4.69) is 10.3 Å². The zero-order valence-electron chi connectivity index (χ0n) is 17.1. The number of aromatic nitrogens is 1. The summed E-state index contributed by atoms with van der Waals surface area (Å²) in [6.07, 6.45) is 0.825. The minimum atomic E-state index is -3.62. The summed E-state index contributed by atoms with van der Waals surface area (Å²) >= 11 is 7.11. The third kappa shape index (κ3) is 4.63. The highest BCUT2D eigenvalue weighted by Gasteiger charge is 2.32. The molecule has 0 aliphatic carbocycles. The first-order chi connectivity index (χ1) is 15.3. The fourth-order valence-corrected chi connectivity index (χ4v) is 6.05. The van der Waals surface area contributed by atoms with E-state index in [0.29, 0.717) is 34.1 Å². The van der Waals surface area contributed by atoms with Crippen LogP contribution in [0, 0.1) is 5.92 Å². The zero-order chi connectivity index (χ0) is 22.9. The molecule has 0 spiro atoms. The van der Waals surface area contributed by atoms with Crippen LogP contribution < -0.4 is 5.32 Å². The van der Waals surface area contributed by atoms with E-state index in [1.54, 1.807) is 30.3 Å². The first-order valence-electron chi connectivity index (χ1n) is 9.83. The molecule has 0 radical (unpaired) electrons. The Morgan fingerprint density at radius 1 is 1.16 bits per heavy atom. The van der Waals surface area contributed by atoms with Crippen LogP contribution in [0.25, 0.3) is 10.2 Å². The number of carbonyl (C=O) groups excluding carboxylic acids is 2. The molecule has 1 aliphatic heterocycles. The van der Waals surface area contributed by atoms with Gasteiger partial charge in [-0.05, 0) is 55.3 Å². The number of carbonyl (C=O) groups is 2. The Bertz CT molecular complexity index is 1270. The number of hydrogen-bond donors (Lipinski definition) is 1. The molecule has 1 amide bonds. The van der Waals surface area contributed by atoms with E-state index in [0.717, 1.165) is 4.70 Å². The van der Waals surface area contributed by atoms with E-state index in [1.165, 1.54) is 34.9 Å². The number of thiazole rings is 1. The summed E-state index contributed by atoms with van der Waals surface area (Å²) in [7, 11) is -2.31. The van der Waals surface area contributed by atoms with Crippen molar-refractivity contribution in [3.05, 3.63) is 53.1 Å². The average molecular weight is 494 g/mol. The normalized spacial score (nSPS) is 15.6. The van der Waals surface area contributed by atoms with Crippen LogP contribution >= 0.6 is 22.9 Å². The Morgan fingerprint density at radius 2 is 1.84 bits per heavy atom. The molecule has 11 heteroatoms. The molecule has 0 bridgehead atoms. The second-order valence-electron chi connectivity index (χ2n) is 7.31. The highest BCUT2D eigenvalue weighted by atomic mass is 35.5. The number of rotatable bonds is 5. The largest absolute Gasteiger partial charge is 0.465 e. The van der Waals surface area contributed by atoms with Crippen molar-refractivity contribution < 1.29 is 22.7 Å². The van der Waals surface area contributed by atoms with Gasteiger partial charge in [0.1, 0.15) is 0 Å². The molecule has 32 heavy (non-hydrogen) atoms. The van der Waals surface area contributed by atoms with Gasteiger partial charge in [0.15, 0.2) is 5.13 Å². The maximum atomic E-state index is 12.8. The molecule has 2 heterocycles. The van der Waals surface area contributed by atoms with Gasteiger partial charge in [-0.25, -0.2) is 18.2 Å². The van der Waals surface area contributed by atoms with Crippen molar-refractivity contribution in [2.24, 2.45) is 5.92 Å². The number of amides is 1. The molecule has 1 aliphatic rings. The number of fused-ring (bicyclic) bond motifs is 1. The summed E-state index contributed by atoms with van der Waals surface area (Å²) in [6, 6.07) is 11.0. The van der Waals surface area contributed by atoms with Gasteiger partial charge >= 0.3 is 5.97 Å². The molecule has 1 aromatic heterocycles. The van der Waals surface area contributed by atoms with E-state index < -0.39 is 16.0 Å². The lowest BCUT2D eigenvalue weighted by molar-refractivity contribution is -0.120. The van der Waals surface area contributed by atoms with Gasteiger partial charge in [-0.15, -0.1) is 0 Å². The van der Waals surface area contributed by atoms with Crippen LogP contribution in [0.1, 0.15) is 23.2 Å². The van der Waals surface area contributed by atoms with Crippen molar-refractivity contribution in [1.29, 1.82) is 0 Å². The minimum Gasteiger partial charge on any atom is -0.465 e. The van der Waals surface area contributed by atoms with Crippen molar-refractivity contribution >= 4 is 60.2 Å². The van der Waals surface area contributed by atoms with Crippen molar-refractivity contribution in [1.82, 2.24) is 9.29 Å². The minimum absolute atomic E-state index is 0.186. The lowest BCUT2D eigenvalue weighted by Crippen LogP contribution is -2.41. The number of anilines is 1. The summed E-state index contributed by atoms with van der Waals surface area (Å²) in [5, 5.41) is 3.73. The fourth-order valence-electron chi connectivity index (χ4n) is 3.54. The van der Waals surface area contributed by atoms with Crippen molar-refractivity contribution in [2.75, 3.05) is 25.5 Å². The molecule has 3 aromatic rings. The monoisotopic (exact) mass is 493 g/mol. The van der Waals surface area contributed by atoms with Crippen LogP contribution in [0.5, 0.6) is 0 Å². The predicted molar refractivity (Wildman–Crippen MR) is 123 cm³/mol. The number of benzene rings is 2. The number of methoxy groups -OCH3 is 1. The Morgan fingerprint density at radius 3 is 2.50 bits per heavy atom. The van der Waals surface area contributed by atoms with Crippen LogP contribution in [0.4, 0.5) is 5.13 Å². The quantitative estimate of drug-likeness (QED) is 0.542. The average Bonchev–Trinajstić information content (AvgIpc) is 3.20. The maximum Gasteiger partial charge on any atom is 0.337 e. The lowest BCUT2D eigenvalue weighted by atomic mass is 9.97. The summed E-state index contributed by atoms with van der Waals surface area (Å²) in [4.78, 5) is 29.0. The highest BCUT2D eigenvalue weighted by molar-refractivity contribution is 7.89. The summed E-state index contributed by atoms with van der Waals surface area (Å²) in [5.74, 6) is -0.948. The molecular formula is C21H20ClN3O5S2. The number of ether oxygens (including phenoxy) is 1. The van der Waals surface area contributed by atoms with Gasteiger partial charge in [0.25, 0.3) is 0 Å². The Labute approximate surface area is 194 Å². The van der Waals surface area contributed by atoms with Crippen LogP contribution in [0.2, 0.25) is 5.02 Å². The standard InChI is InChI=1S/C21H20ClN3O5S2/c1-30-20(27)14-2-7-17-18(12-14)31-21(23-17)24-19(26)13-8-10-25(11-9-13)32(28,29)16-5-3-15(22)4-6-16/h2-7,12-13H,8-11H2,1H3,(H,23,24,26). The number of hydrogen-bond acceptors (Lipinski definition) is 7. The summed E-state index contributed by atoms with van der Waals surface area (Å²) < 4.78 is 32.5. The molecule has 1 fully saturated rings. The Balaban J connectivity index is 1.39. The van der Waals surface area contributed by atoms with Crippen molar-refractivity contribution in [3.63, 3.8) is 0 Å². The molecule has 1 saturated heterocycles. The Hall–Kier alpha value is -2.53. The molecular weight excluding hydrogens is 474 g/mol. The summed E-state index contributed by atoms with van der Waals surface area (Å²) in [6.45, 7) is 0.511. The third-order valence-electron chi connectivity index (χ3n) is 5.32. The number of sulfonamides is 1. The zero-order valence-corrected chi connectivity index (χ0v) is 19.5. The predicted octanol–water partition coefficient (Wildman–Crippen LogP) is 3.78. The highest BCUT2D eigenvalue weighted by Crippen LogP contribution is 2.29. The van der Waals surface area contributed by atoms with Crippen LogP contribution in [-0.4, -0.2) is 49.8 Å². The van der Waals surface area contributed by atoms with Gasteiger partial charge < -0.3 is 10.1 Å². The maximum absolute atomic E-state index is 12.8. The molecule has 4 rings (SSSR count). The molecule has 0 saturated carbocycles. The number of nitrogens with zero attached hydrogens (tertiary/aromatic N) is 2. The van der Waals surface area contributed by atoms with Gasteiger partial charge in [0.05, 0.1) is 27.8 Å².